The lowest BCUT2D eigenvalue weighted by molar-refractivity contribution is -0.129. The SMILES string of the molecule is O=C1CCCN1CC(O)CN1CCc2ccc(Cl)cc2C1. The summed E-state index contributed by atoms with van der Waals surface area (Å²) in [5.41, 5.74) is 2.60. The van der Waals surface area contributed by atoms with Crippen LogP contribution in [0.1, 0.15) is 24.0 Å². The molecule has 1 unspecified atom stereocenters. The van der Waals surface area contributed by atoms with Crippen LogP contribution in [-0.2, 0) is 17.8 Å². The van der Waals surface area contributed by atoms with E-state index in [1.54, 1.807) is 4.90 Å². The molecule has 1 N–H and O–H groups in total. The average molecular weight is 309 g/mol. The summed E-state index contributed by atoms with van der Waals surface area (Å²) in [6, 6.07) is 6.04. The smallest absolute Gasteiger partial charge is 0.222 e. The van der Waals surface area contributed by atoms with Gasteiger partial charge in [-0.25, -0.2) is 0 Å². The highest BCUT2D eigenvalue weighted by atomic mass is 35.5. The molecule has 1 saturated heterocycles. The van der Waals surface area contributed by atoms with Crippen LogP contribution >= 0.6 is 11.6 Å². The van der Waals surface area contributed by atoms with Gasteiger partial charge in [-0.3, -0.25) is 9.69 Å². The lowest BCUT2D eigenvalue weighted by atomic mass is 9.99. The van der Waals surface area contributed by atoms with E-state index < -0.39 is 6.10 Å². The summed E-state index contributed by atoms with van der Waals surface area (Å²) >= 11 is 6.05. The zero-order chi connectivity index (χ0) is 14.8. The first-order chi connectivity index (χ1) is 10.1. The third-order valence-electron chi connectivity index (χ3n) is 4.33. The molecule has 1 amide bonds. The van der Waals surface area contributed by atoms with Gasteiger partial charge in [-0.2, -0.15) is 0 Å². The molecule has 2 aliphatic heterocycles. The molecule has 0 aromatic heterocycles. The van der Waals surface area contributed by atoms with Crippen LogP contribution in [-0.4, -0.2) is 53.1 Å². The first-order valence-electron chi connectivity index (χ1n) is 7.57. The molecule has 0 aliphatic carbocycles. The number of carbonyl (C=O) groups excluding carboxylic acids is 1. The van der Waals surface area contributed by atoms with Gasteiger partial charge in [0.2, 0.25) is 5.91 Å². The van der Waals surface area contributed by atoms with E-state index in [2.05, 4.69) is 11.0 Å². The van der Waals surface area contributed by atoms with Crippen LogP contribution in [0.4, 0.5) is 0 Å². The number of halogens is 1. The Labute approximate surface area is 130 Å². The predicted octanol–water partition coefficient (Wildman–Crippen LogP) is 1.68. The number of aliphatic hydroxyl groups excluding tert-OH is 1. The minimum atomic E-state index is -0.479. The molecule has 1 atom stereocenters. The van der Waals surface area contributed by atoms with Crippen molar-refractivity contribution in [3.63, 3.8) is 0 Å². The van der Waals surface area contributed by atoms with Gasteiger partial charge in [0.05, 0.1) is 6.10 Å². The fraction of sp³-hybridized carbons (Fsp3) is 0.562. The Morgan fingerprint density at radius 2 is 2.05 bits per heavy atom. The topological polar surface area (TPSA) is 43.8 Å². The van der Waals surface area contributed by atoms with E-state index in [-0.39, 0.29) is 5.91 Å². The van der Waals surface area contributed by atoms with Crippen molar-refractivity contribution in [3.05, 3.63) is 34.3 Å². The molecule has 2 aliphatic rings. The fourth-order valence-corrected chi connectivity index (χ4v) is 3.44. The fourth-order valence-electron chi connectivity index (χ4n) is 3.25. The minimum absolute atomic E-state index is 0.171. The molecule has 4 nitrogen and oxygen atoms in total. The molecule has 3 rings (SSSR count). The number of β-amino-alcohol motifs (C(OH)–C–C–N with tert-alkyl or cyclic N) is 1. The molecule has 0 spiro atoms. The van der Waals surface area contributed by atoms with Crippen molar-refractivity contribution in [2.45, 2.75) is 31.9 Å². The van der Waals surface area contributed by atoms with Crippen molar-refractivity contribution < 1.29 is 9.90 Å². The number of carbonyl (C=O) groups is 1. The molecule has 114 valence electrons. The summed E-state index contributed by atoms with van der Waals surface area (Å²) < 4.78 is 0. The first kappa shape index (κ1) is 14.8. The maximum atomic E-state index is 11.6. The van der Waals surface area contributed by atoms with Crippen LogP contribution in [0.3, 0.4) is 0 Å². The van der Waals surface area contributed by atoms with Crippen LogP contribution < -0.4 is 0 Å². The monoisotopic (exact) mass is 308 g/mol. The number of aliphatic hydroxyl groups is 1. The Morgan fingerprint density at radius 3 is 2.81 bits per heavy atom. The van der Waals surface area contributed by atoms with Crippen molar-refractivity contribution in [1.82, 2.24) is 9.80 Å². The zero-order valence-corrected chi connectivity index (χ0v) is 12.9. The van der Waals surface area contributed by atoms with Crippen molar-refractivity contribution in [2.75, 3.05) is 26.2 Å². The lowest BCUT2D eigenvalue weighted by Gasteiger charge is -2.31. The number of hydrogen-bond donors (Lipinski definition) is 1. The largest absolute Gasteiger partial charge is 0.390 e. The van der Waals surface area contributed by atoms with Gasteiger partial charge in [-0.15, -0.1) is 0 Å². The Morgan fingerprint density at radius 1 is 1.19 bits per heavy atom. The molecule has 0 saturated carbocycles. The Bertz CT molecular complexity index is 535. The van der Waals surface area contributed by atoms with E-state index in [4.69, 9.17) is 11.6 Å². The van der Waals surface area contributed by atoms with Crippen LogP contribution in [0.2, 0.25) is 5.02 Å². The third kappa shape index (κ3) is 3.57. The summed E-state index contributed by atoms with van der Waals surface area (Å²) in [5.74, 6) is 0.171. The van der Waals surface area contributed by atoms with Crippen molar-refractivity contribution in [1.29, 1.82) is 0 Å². The second-order valence-corrected chi connectivity index (χ2v) is 6.43. The number of nitrogens with zero attached hydrogens (tertiary/aromatic N) is 2. The molecule has 1 fully saturated rings. The van der Waals surface area contributed by atoms with Gasteiger partial charge in [0, 0.05) is 44.2 Å². The predicted molar refractivity (Wildman–Crippen MR) is 82.3 cm³/mol. The molecular formula is C16H21ClN2O2. The van der Waals surface area contributed by atoms with Gasteiger partial charge in [0.25, 0.3) is 0 Å². The maximum Gasteiger partial charge on any atom is 0.222 e. The second-order valence-electron chi connectivity index (χ2n) is 6.00. The summed E-state index contributed by atoms with van der Waals surface area (Å²) in [6.07, 6.45) is 2.05. The molecule has 1 aromatic rings. The number of amides is 1. The quantitative estimate of drug-likeness (QED) is 0.920. The van der Waals surface area contributed by atoms with E-state index in [1.807, 2.05) is 12.1 Å². The van der Waals surface area contributed by atoms with Crippen LogP contribution in [0.5, 0.6) is 0 Å². The summed E-state index contributed by atoms with van der Waals surface area (Å²) in [5, 5.41) is 11.0. The van der Waals surface area contributed by atoms with Gasteiger partial charge in [-0.05, 0) is 36.1 Å². The highest BCUT2D eigenvalue weighted by Crippen LogP contribution is 2.22. The molecule has 2 heterocycles. The zero-order valence-electron chi connectivity index (χ0n) is 12.1. The van der Waals surface area contributed by atoms with Crippen molar-refractivity contribution >= 4 is 17.5 Å². The highest BCUT2D eigenvalue weighted by molar-refractivity contribution is 6.30. The van der Waals surface area contributed by atoms with Crippen LogP contribution in [0, 0.1) is 0 Å². The number of benzene rings is 1. The maximum absolute atomic E-state index is 11.6. The van der Waals surface area contributed by atoms with Gasteiger partial charge in [0.1, 0.15) is 0 Å². The summed E-state index contributed by atoms with van der Waals surface area (Å²) in [4.78, 5) is 15.6. The molecule has 0 bridgehead atoms. The Balaban J connectivity index is 1.55. The van der Waals surface area contributed by atoms with Gasteiger partial charge in [0.15, 0.2) is 0 Å². The summed E-state index contributed by atoms with van der Waals surface area (Å²) in [6.45, 7) is 3.61. The Hall–Kier alpha value is -1.10. The number of likely N-dealkylation sites (tertiary alicyclic amines) is 1. The van der Waals surface area contributed by atoms with E-state index in [1.165, 1.54) is 11.1 Å². The lowest BCUT2D eigenvalue weighted by Crippen LogP contribution is -2.42. The van der Waals surface area contributed by atoms with Gasteiger partial charge >= 0.3 is 0 Å². The molecular weight excluding hydrogens is 288 g/mol. The first-order valence-corrected chi connectivity index (χ1v) is 7.95. The standard InChI is InChI=1S/C16H21ClN2O2/c17-14-4-3-12-5-7-18(9-13(12)8-14)10-15(20)11-19-6-1-2-16(19)21/h3-4,8,15,20H,1-2,5-7,9-11H2. The molecule has 5 heteroatoms. The van der Waals surface area contributed by atoms with E-state index in [9.17, 15) is 9.90 Å². The third-order valence-corrected chi connectivity index (χ3v) is 4.57. The second kappa shape index (κ2) is 6.34. The number of hydrogen-bond acceptors (Lipinski definition) is 3. The number of fused-ring (bicyclic) bond motifs is 1. The number of rotatable bonds is 4. The molecule has 21 heavy (non-hydrogen) atoms. The normalized spacial score (nSPS) is 20.7. The van der Waals surface area contributed by atoms with E-state index in [0.29, 0.717) is 19.5 Å². The van der Waals surface area contributed by atoms with Crippen molar-refractivity contribution in [2.24, 2.45) is 0 Å². The van der Waals surface area contributed by atoms with Gasteiger partial charge < -0.3 is 10.0 Å². The highest BCUT2D eigenvalue weighted by Gasteiger charge is 2.24. The molecule has 0 radical (unpaired) electrons. The van der Waals surface area contributed by atoms with E-state index >= 15 is 0 Å². The minimum Gasteiger partial charge on any atom is -0.390 e. The van der Waals surface area contributed by atoms with E-state index in [0.717, 1.165) is 37.5 Å². The summed E-state index contributed by atoms with van der Waals surface area (Å²) in [7, 11) is 0. The average Bonchev–Trinajstić information content (AvgIpc) is 2.83. The van der Waals surface area contributed by atoms with Crippen LogP contribution in [0.25, 0.3) is 0 Å². The van der Waals surface area contributed by atoms with Crippen molar-refractivity contribution in [3.8, 4) is 0 Å². The molecule has 1 aromatic carbocycles. The Kier molecular flexibility index (Phi) is 4.48. The van der Waals surface area contributed by atoms with Gasteiger partial charge in [-0.1, -0.05) is 17.7 Å². The van der Waals surface area contributed by atoms with Crippen LogP contribution in [0.15, 0.2) is 18.2 Å².